The molecule has 0 aliphatic carbocycles. The summed E-state index contributed by atoms with van der Waals surface area (Å²) in [5.74, 6) is 0.206. The van der Waals surface area contributed by atoms with E-state index in [1.165, 1.54) is 0 Å². The van der Waals surface area contributed by atoms with Gasteiger partial charge in [-0.05, 0) is 30.3 Å². The van der Waals surface area contributed by atoms with Crippen molar-refractivity contribution in [2.75, 3.05) is 38.2 Å². The smallest absolute Gasteiger partial charge is 0.417 e. The molecule has 0 bridgehead atoms. The number of fused-ring (bicyclic) bond motifs is 1. The van der Waals surface area contributed by atoms with Gasteiger partial charge in [0.2, 0.25) is 0 Å². The van der Waals surface area contributed by atoms with Crippen LogP contribution in [0.25, 0.3) is 11.1 Å². The molecule has 0 unspecified atom stereocenters. The molecule has 4 rings (SSSR count). The van der Waals surface area contributed by atoms with Crippen molar-refractivity contribution in [3.63, 3.8) is 0 Å². The lowest BCUT2D eigenvalue weighted by Gasteiger charge is -2.36. The number of anilines is 1. The molecular weight excluding hydrogens is 334 g/mol. The molecule has 1 N–H and O–H groups in total. The maximum Gasteiger partial charge on any atom is 0.417 e. The Kier molecular flexibility index (Phi) is 4.12. The third-order valence-corrected chi connectivity index (χ3v) is 4.65. The van der Waals surface area contributed by atoms with Gasteiger partial charge in [-0.3, -0.25) is 9.78 Å². The molecule has 0 radical (unpaired) electrons. The van der Waals surface area contributed by atoms with Gasteiger partial charge >= 0.3 is 5.76 Å². The molecule has 3 aromatic rings. The monoisotopic (exact) mass is 353 g/mol. The number of H-pyrrole nitrogens is 1. The summed E-state index contributed by atoms with van der Waals surface area (Å²) in [5, 5.41) is 0. The number of amides is 1. The third kappa shape index (κ3) is 2.92. The normalized spacial score (nSPS) is 14.7. The molecule has 1 amide bonds. The van der Waals surface area contributed by atoms with Crippen LogP contribution in [0, 0.1) is 0 Å². The van der Waals surface area contributed by atoms with E-state index in [-0.39, 0.29) is 5.91 Å². The molecule has 0 spiro atoms. The standard InChI is InChI=1S/C19H19N3O4/c1-25-14-5-2-4-13(12-14)18(23)22-10-8-21(9-11-22)16-7-3-6-15-17(16)26-19(24)20-15/h2-7,12H,8-11H2,1H3,(H,20,24). The summed E-state index contributed by atoms with van der Waals surface area (Å²) < 4.78 is 10.5. The maximum absolute atomic E-state index is 12.7. The summed E-state index contributed by atoms with van der Waals surface area (Å²) in [4.78, 5) is 30.8. The van der Waals surface area contributed by atoms with Crippen LogP contribution in [0.5, 0.6) is 5.75 Å². The van der Waals surface area contributed by atoms with Gasteiger partial charge in [0.05, 0.1) is 18.3 Å². The lowest BCUT2D eigenvalue weighted by atomic mass is 10.1. The van der Waals surface area contributed by atoms with E-state index in [0.717, 1.165) is 5.69 Å². The first-order valence-corrected chi connectivity index (χ1v) is 8.46. The number of benzene rings is 2. The minimum atomic E-state index is -0.459. The minimum Gasteiger partial charge on any atom is -0.497 e. The Morgan fingerprint density at radius 2 is 1.88 bits per heavy atom. The highest BCUT2D eigenvalue weighted by molar-refractivity contribution is 5.95. The SMILES string of the molecule is COc1cccc(C(=O)N2CCN(c3cccc4[nH]c(=O)oc34)CC2)c1. The van der Waals surface area contributed by atoms with Gasteiger partial charge in [0.25, 0.3) is 5.91 Å². The average molecular weight is 353 g/mol. The number of carbonyl (C=O) groups is 1. The molecule has 2 aromatic carbocycles. The largest absolute Gasteiger partial charge is 0.497 e. The van der Waals surface area contributed by atoms with Gasteiger partial charge in [0, 0.05) is 31.7 Å². The fraction of sp³-hybridized carbons (Fsp3) is 0.263. The van der Waals surface area contributed by atoms with Gasteiger partial charge in [0.1, 0.15) is 5.75 Å². The van der Waals surface area contributed by atoms with Crippen molar-refractivity contribution in [3.8, 4) is 5.75 Å². The van der Waals surface area contributed by atoms with E-state index in [2.05, 4.69) is 9.88 Å². The zero-order valence-electron chi connectivity index (χ0n) is 14.4. The Morgan fingerprint density at radius 1 is 1.12 bits per heavy atom. The predicted octanol–water partition coefficient (Wildman–Crippen LogP) is 2.09. The van der Waals surface area contributed by atoms with Crippen molar-refractivity contribution >= 4 is 22.7 Å². The number of aromatic nitrogens is 1. The van der Waals surface area contributed by atoms with Gasteiger partial charge < -0.3 is 19.0 Å². The topological polar surface area (TPSA) is 78.8 Å². The number of oxazole rings is 1. The molecule has 134 valence electrons. The van der Waals surface area contributed by atoms with E-state index in [4.69, 9.17) is 9.15 Å². The fourth-order valence-corrected chi connectivity index (χ4v) is 3.30. The molecule has 2 heterocycles. The van der Waals surface area contributed by atoms with Crippen LogP contribution < -0.4 is 15.4 Å². The molecule has 1 saturated heterocycles. The number of nitrogens with zero attached hydrogens (tertiary/aromatic N) is 2. The Balaban J connectivity index is 1.50. The first-order valence-electron chi connectivity index (χ1n) is 8.46. The molecule has 7 heteroatoms. The molecule has 0 atom stereocenters. The molecule has 1 aliphatic rings. The fourth-order valence-electron chi connectivity index (χ4n) is 3.30. The highest BCUT2D eigenvalue weighted by Gasteiger charge is 2.24. The highest BCUT2D eigenvalue weighted by Crippen LogP contribution is 2.26. The summed E-state index contributed by atoms with van der Waals surface area (Å²) in [5.41, 5.74) is 2.73. The van der Waals surface area contributed by atoms with Crippen molar-refractivity contribution < 1.29 is 13.9 Å². The Labute approximate surface area is 149 Å². The van der Waals surface area contributed by atoms with Crippen LogP contribution in [0.3, 0.4) is 0 Å². The van der Waals surface area contributed by atoms with Crippen molar-refractivity contribution in [2.24, 2.45) is 0 Å². The molecule has 1 fully saturated rings. The Bertz CT molecular complexity index is 999. The number of aromatic amines is 1. The number of hydrogen-bond acceptors (Lipinski definition) is 5. The number of para-hydroxylation sites is 1. The second-order valence-electron chi connectivity index (χ2n) is 6.18. The van der Waals surface area contributed by atoms with Crippen LogP contribution >= 0.6 is 0 Å². The second kappa shape index (κ2) is 6.59. The highest BCUT2D eigenvalue weighted by atomic mass is 16.5. The van der Waals surface area contributed by atoms with E-state index in [1.54, 1.807) is 19.2 Å². The van der Waals surface area contributed by atoms with Crippen molar-refractivity contribution in [2.45, 2.75) is 0 Å². The number of rotatable bonds is 3. The van der Waals surface area contributed by atoms with Gasteiger partial charge in [-0.15, -0.1) is 0 Å². The zero-order valence-corrected chi connectivity index (χ0v) is 14.4. The molecule has 0 saturated carbocycles. The van der Waals surface area contributed by atoms with Gasteiger partial charge in [-0.1, -0.05) is 12.1 Å². The molecular formula is C19H19N3O4. The number of methoxy groups -OCH3 is 1. The van der Waals surface area contributed by atoms with E-state index in [9.17, 15) is 9.59 Å². The Morgan fingerprint density at radius 3 is 2.65 bits per heavy atom. The van der Waals surface area contributed by atoms with Crippen LogP contribution in [0.2, 0.25) is 0 Å². The van der Waals surface area contributed by atoms with E-state index in [1.807, 2.05) is 35.2 Å². The van der Waals surface area contributed by atoms with Crippen LogP contribution in [-0.4, -0.2) is 49.1 Å². The first kappa shape index (κ1) is 16.3. The van der Waals surface area contributed by atoms with Crippen molar-refractivity contribution in [3.05, 3.63) is 58.6 Å². The van der Waals surface area contributed by atoms with E-state index in [0.29, 0.717) is 48.6 Å². The summed E-state index contributed by atoms with van der Waals surface area (Å²) in [6.45, 7) is 2.54. The lowest BCUT2D eigenvalue weighted by molar-refractivity contribution is 0.0746. The van der Waals surface area contributed by atoms with Crippen LogP contribution in [0.4, 0.5) is 5.69 Å². The Hall–Kier alpha value is -3.22. The number of piperazine rings is 1. The summed E-state index contributed by atoms with van der Waals surface area (Å²) in [7, 11) is 1.59. The second-order valence-corrected chi connectivity index (χ2v) is 6.18. The summed E-state index contributed by atoms with van der Waals surface area (Å²) in [6.07, 6.45) is 0. The number of carbonyl (C=O) groups excluding carboxylic acids is 1. The number of ether oxygens (including phenoxy) is 1. The average Bonchev–Trinajstić information content (AvgIpc) is 3.07. The zero-order chi connectivity index (χ0) is 18.1. The van der Waals surface area contributed by atoms with E-state index < -0.39 is 5.76 Å². The van der Waals surface area contributed by atoms with Crippen LogP contribution in [0.1, 0.15) is 10.4 Å². The van der Waals surface area contributed by atoms with Gasteiger partial charge in [0.15, 0.2) is 5.58 Å². The minimum absolute atomic E-state index is 0.00469. The van der Waals surface area contributed by atoms with Crippen molar-refractivity contribution in [1.29, 1.82) is 0 Å². The number of hydrogen-bond donors (Lipinski definition) is 1. The molecule has 1 aromatic heterocycles. The summed E-state index contributed by atoms with van der Waals surface area (Å²) >= 11 is 0. The third-order valence-electron chi connectivity index (χ3n) is 4.65. The molecule has 1 aliphatic heterocycles. The molecule has 7 nitrogen and oxygen atoms in total. The van der Waals surface area contributed by atoms with Crippen LogP contribution in [-0.2, 0) is 0 Å². The maximum atomic E-state index is 12.7. The van der Waals surface area contributed by atoms with Gasteiger partial charge in [-0.2, -0.15) is 0 Å². The van der Waals surface area contributed by atoms with Crippen LogP contribution in [0.15, 0.2) is 51.7 Å². The van der Waals surface area contributed by atoms with Crippen molar-refractivity contribution in [1.82, 2.24) is 9.88 Å². The lowest BCUT2D eigenvalue weighted by Crippen LogP contribution is -2.48. The van der Waals surface area contributed by atoms with E-state index >= 15 is 0 Å². The quantitative estimate of drug-likeness (QED) is 0.780. The van der Waals surface area contributed by atoms with Gasteiger partial charge in [-0.25, -0.2) is 4.79 Å². The summed E-state index contributed by atoms with van der Waals surface area (Å²) in [6, 6.07) is 12.8. The first-order chi connectivity index (χ1) is 12.7. The number of nitrogens with one attached hydrogen (secondary N) is 1. The molecule has 26 heavy (non-hydrogen) atoms. The predicted molar refractivity (Wildman–Crippen MR) is 97.9 cm³/mol.